The lowest BCUT2D eigenvalue weighted by atomic mass is 9.87. The first kappa shape index (κ1) is 33.0. The second-order valence-corrected chi connectivity index (χ2v) is 11.1. The third kappa shape index (κ3) is 10.1. The van der Waals surface area contributed by atoms with Gasteiger partial charge in [0.05, 0.1) is 25.8 Å². The molecule has 1 aliphatic rings. The van der Waals surface area contributed by atoms with Gasteiger partial charge in [-0.2, -0.15) is 0 Å². The second kappa shape index (κ2) is 16.8. The van der Waals surface area contributed by atoms with E-state index >= 15 is 0 Å². The van der Waals surface area contributed by atoms with Crippen LogP contribution in [0.1, 0.15) is 44.1 Å². The number of carbonyl (C=O) groups excluding carboxylic acids is 4. The summed E-state index contributed by atoms with van der Waals surface area (Å²) in [6.07, 6.45) is 6.81. The Morgan fingerprint density at radius 2 is 1.60 bits per heavy atom. The Balaban J connectivity index is 1.43. The van der Waals surface area contributed by atoms with Crippen molar-refractivity contribution in [3.05, 3.63) is 84.4 Å². The van der Waals surface area contributed by atoms with Crippen LogP contribution in [-0.2, 0) is 25.5 Å². The van der Waals surface area contributed by atoms with Crippen LogP contribution >= 0.6 is 0 Å². The van der Waals surface area contributed by atoms with Crippen molar-refractivity contribution in [2.24, 2.45) is 5.92 Å². The van der Waals surface area contributed by atoms with Crippen molar-refractivity contribution in [1.29, 1.82) is 0 Å². The van der Waals surface area contributed by atoms with Gasteiger partial charge in [-0.25, -0.2) is 4.79 Å². The molecular formula is C35H42N4O6. The van der Waals surface area contributed by atoms with Gasteiger partial charge in [0, 0.05) is 25.0 Å². The lowest BCUT2D eigenvalue weighted by Crippen LogP contribution is -2.42. The van der Waals surface area contributed by atoms with Crippen molar-refractivity contribution in [2.45, 2.75) is 44.9 Å². The molecule has 10 nitrogen and oxygen atoms in total. The van der Waals surface area contributed by atoms with E-state index in [2.05, 4.69) is 10.6 Å². The predicted octanol–water partition coefficient (Wildman–Crippen LogP) is 5.57. The molecule has 1 aliphatic carbocycles. The number of nitrogens with zero attached hydrogens (tertiary/aromatic N) is 2. The predicted molar refractivity (Wildman–Crippen MR) is 175 cm³/mol. The Morgan fingerprint density at radius 3 is 2.36 bits per heavy atom. The fourth-order valence-electron chi connectivity index (χ4n) is 5.43. The Kier molecular flexibility index (Phi) is 12.4. The van der Waals surface area contributed by atoms with E-state index in [4.69, 9.17) is 9.47 Å². The lowest BCUT2D eigenvalue weighted by molar-refractivity contribution is -0.139. The first-order valence-corrected chi connectivity index (χ1v) is 15.4. The summed E-state index contributed by atoms with van der Waals surface area (Å²) in [5, 5.41) is 5.38. The molecular weight excluding hydrogens is 572 g/mol. The van der Waals surface area contributed by atoms with E-state index in [0.717, 1.165) is 24.9 Å². The smallest absolute Gasteiger partial charge is 0.319 e. The van der Waals surface area contributed by atoms with Crippen molar-refractivity contribution in [3.8, 4) is 5.75 Å². The lowest BCUT2D eigenvalue weighted by Gasteiger charge is -2.29. The maximum atomic E-state index is 13.7. The van der Waals surface area contributed by atoms with Crippen molar-refractivity contribution >= 4 is 40.9 Å². The van der Waals surface area contributed by atoms with E-state index in [0.29, 0.717) is 35.2 Å². The summed E-state index contributed by atoms with van der Waals surface area (Å²) in [7, 11) is 3.01. The van der Waals surface area contributed by atoms with Gasteiger partial charge in [-0.05, 0) is 54.3 Å². The van der Waals surface area contributed by atoms with Crippen molar-refractivity contribution in [3.63, 3.8) is 0 Å². The molecule has 45 heavy (non-hydrogen) atoms. The summed E-state index contributed by atoms with van der Waals surface area (Å²) < 4.78 is 10.7. The highest BCUT2D eigenvalue weighted by atomic mass is 16.5. The molecule has 0 spiro atoms. The molecule has 0 atom stereocenters. The van der Waals surface area contributed by atoms with E-state index < -0.39 is 6.03 Å². The van der Waals surface area contributed by atoms with Crippen LogP contribution < -0.4 is 25.2 Å². The van der Waals surface area contributed by atoms with Crippen molar-refractivity contribution < 1.29 is 28.7 Å². The molecule has 3 aromatic carbocycles. The van der Waals surface area contributed by atoms with Gasteiger partial charge in [0.2, 0.25) is 5.91 Å². The average molecular weight is 615 g/mol. The summed E-state index contributed by atoms with van der Waals surface area (Å²) in [6, 6.07) is 22.8. The van der Waals surface area contributed by atoms with Gasteiger partial charge in [-0.15, -0.1) is 0 Å². The molecule has 238 valence electrons. The molecule has 0 unspecified atom stereocenters. The van der Waals surface area contributed by atoms with Crippen LogP contribution in [0.25, 0.3) is 0 Å². The highest BCUT2D eigenvalue weighted by Gasteiger charge is 2.23. The van der Waals surface area contributed by atoms with Crippen LogP contribution in [0.2, 0.25) is 0 Å². The minimum atomic E-state index is -0.551. The summed E-state index contributed by atoms with van der Waals surface area (Å²) in [4.78, 5) is 54.1. The number of anilines is 3. The second-order valence-electron chi connectivity index (χ2n) is 11.1. The zero-order chi connectivity index (χ0) is 32.0. The number of para-hydroxylation sites is 3. The number of hydrogen-bond donors (Lipinski definition) is 2. The van der Waals surface area contributed by atoms with Crippen LogP contribution in [-0.4, -0.2) is 57.7 Å². The number of nitrogens with one attached hydrogen (secondary N) is 2. The first-order valence-electron chi connectivity index (χ1n) is 15.4. The number of hydrogen-bond acceptors (Lipinski definition) is 6. The Hall–Kier alpha value is -4.86. The van der Waals surface area contributed by atoms with E-state index in [1.165, 1.54) is 31.3 Å². The fraction of sp³-hybridized carbons (Fsp3) is 0.371. The number of carbonyl (C=O) groups is 4. The largest absolute Gasteiger partial charge is 0.482 e. The quantitative estimate of drug-likeness (QED) is 0.243. The molecule has 10 heteroatoms. The summed E-state index contributed by atoms with van der Waals surface area (Å²) in [5.41, 5.74) is 2.48. The SMILES string of the molecule is COC(=O)Cc1cccc(NC(=O)NCC(=O)N(CCC2CCCCC2)c2ccccc2OCC(=O)N(C)c2ccccc2)c1. The highest BCUT2D eigenvalue weighted by Crippen LogP contribution is 2.31. The molecule has 1 saturated carbocycles. The van der Waals surface area contributed by atoms with Gasteiger partial charge in [-0.1, -0.05) is 74.6 Å². The number of methoxy groups -OCH3 is 1. The standard InChI is InChI=1S/C35H42N4O6/c1-38(29-16-7-4-8-17-29)33(41)25-45-31-19-10-9-18-30(31)39(21-20-26-12-5-3-6-13-26)32(40)24-36-35(43)37-28-15-11-14-27(22-28)23-34(42)44-2/h4,7-11,14-19,22,26H,3,5-6,12-13,20-21,23-25H2,1-2H3,(H2,36,37,43). The van der Waals surface area contributed by atoms with E-state index in [1.54, 1.807) is 54.4 Å². The Morgan fingerprint density at radius 1 is 0.867 bits per heavy atom. The summed E-state index contributed by atoms with van der Waals surface area (Å²) in [6.45, 7) is 0.00569. The highest BCUT2D eigenvalue weighted by molar-refractivity contribution is 5.99. The molecule has 1 fully saturated rings. The molecule has 2 N–H and O–H groups in total. The molecule has 0 aromatic heterocycles. The van der Waals surface area contributed by atoms with Gasteiger partial charge in [-0.3, -0.25) is 14.4 Å². The van der Waals surface area contributed by atoms with Crippen molar-refractivity contribution in [1.82, 2.24) is 5.32 Å². The molecule has 0 heterocycles. The van der Waals surface area contributed by atoms with E-state index in [9.17, 15) is 19.2 Å². The molecule has 0 radical (unpaired) electrons. The number of esters is 1. The summed E-state index contributed by atoms with van der Waals surface area (Å²) >= 11 is 0. The zero-order valence-electron chi connectivity index (χ0n) is 26.0. The maximum Gasteiger partial charge on any atom is 0.319 e. The first-order chi connectivity index (χ1) is 21.8. The van der Waals surface area contributed by atoms with E-state index in [1.807, 2.05) is 36.4 Å². The summed E-state index contributed by atoms with van der Waals surface area (Å²) in [5.74, 6) is 0.0227. The Labute approximate surface area is 264 Å². The molecule has 4 amide bonds. The monoisotopic (exact) mass is 614 g/mol. The zero-order valence-corrected chi connectivity index (χ0v) is 26.0. The molecule has 0 saturated heterocycles. The maximum absolute atomic E-state index is 13.7. The molecule has 3 aromatic rings. The van der Waals surface area contributed by atoms with Crippen molar-refractivity contribution in [2.75, 3.05) is 49.0 Å². The molecule has 0 aliphatic heterocycles. The number of amides is 4. The molecule has 0 bridgehead atoms. The average Bonchev–Trinajstić information content (AvgIpc) is 3.07. The number of benzene rings is 3. The minimum absolute atomic E-state index is 0.0811. The fourth-order valence-corrected chi connectivity index (χ4v) is 5.43. The van der Waals surface area contributed by atoms with Crippen LogP contribution in [0, 0.1) is 5.92 Å². The molecule has 4 rings (SSSR count). The van der Waals surface area contributed by atoms with Gasteiger partial charge in [0.1, 0.15) is 5.75 Å². The number of ether oxygens (including phenoxy) is 2. The normalized spacial score (nSPS) is 12.9. The van der Waals surface area contributed by atoms with Gasteiger partial charge in [0.15, 0.2) is 6.61 Å². The van der Waals surface area contributed by atoms with Crippen LogP contribution in [0.15, 0.2) is 78.9 Å². The van der Waals surface area contributed by atoms with Crippen LogP contribution in [0.3, 0.4) is 0 Å². The third-order valence-electron chi connectivity index (χ3n) is 7.97. The van der Waals surface area contributed by atoms with E-state index in [-0.39, 0.29) is 37.4 Å². The third-order valence-corrected chi connectivity index (χ3v) is 7.97. The van der Waals surface area contributed by atoms with Gasteiger partial charge >= 0.3 is 12.0 Å². The van der Waals surface area contributed by atoms with Crippen LogP contribution in [0.4, 0.5) is 21.9 Å². The Bertz CT molecular complexity index is 1440. The number of likely N-dealkylation sites (N-methyl/N-ethyl adjacent to an activating group) is 1. The number of rotatable bonds is 13. The van der Waals surface area contributed by atoms with Gasteiger partial charge < -0.3 is 29.9 Å². The topological polar surface area (TPSA) is 117 Å². The van der Waals surface area contributed by atoms with Gasteiger partial charge in [0.25, 0.3) is 5.91 Å². The minimum Gasteiger partial charge on any atom is -0.482 e. The van der Waals surface area contributed by atoms with Crippen LogP contribution in [0.5, 0.6) is 5.75 Å². The number of urea groups is 1.